The minimum Gasteiger partial charge on any atom is -0.477 e. The van der Waals surface area contributed by atoms with Gasteiger partial charge in [0.25, 0.3) is 5.69 Å². The summed E-state index contributed by atoms with van der Waals surface area (Å²) in [4.78, 5) is 22.7. The summed E-state index contributed by atoms with van der Waals surface area (Å²) in [6.45, 7) is 2.21. The van der Waals surface area contributed by atoms with Gasteiger partial charge in [-0.05, 0) is 23.9 Å². The van der Waals surface area contributed by atoms with E-state index in [1.165, 1.54) is 12.1 Å². The van der Waals surface area contributed by atoms with Crippen LogP contribution in [-0.4, -0.2) is 16.0 Å². The van der Waals surface area contributed by atoms with Gasteiger partial charge in [-0.25, -0.2) is 4.79 Å². The molecule has 0 aliphatic heterocycles. The Labute approximate surface area is 125 Å². The Morgan fingerprint density at radius 3 is 2.76 bits per heavy atom. The molecule has 110 valence electrons. The van der Waals surface area contributed by atoms with Gasteiger partial charge in [-0.3, -0.25) is 10.1 Å². The van der Waals surface area contributed by atoms with E-state index in [1.807, 2.05) is 24.4 Å². The lowest BCUT2D eigenvalue weighted by atomic mass is 10.0. The van der Waals surface area contributed by atoms with Gasteiger partial charge in [-0.1, -0.05) is 18.2 Å². The molecule has 2 aromatic rings. The summed E-state index contributed by atoms with van der Waals surface area (Å²) in [6.07, 6.45) is 0. The highest BCUT2D eigenvalue weighted by atomic mass is 32.1. The van der Waals surface area contributed by atoms with Crippen LogP contribution in [0.3, 0.4) is 0 Å². The molecule has 7 heteroatoms. The average Bonchev–Trinajstić information content (AvgIpc) is 2.98. The van der Waals surface area contributed by atoms with Crippen molar-refractivity contribution in [2.75, 3.05) is 0 Å². The van der Waals surface area contributed by atoms with E-state index in [0.29, 0.717) is 5.56 Å². The van der Waals surface area contributed by atoms with Gasteiger partial charge in [-0.2, -0.15) is 0 Å². The van der Waals surface area contributed by atoms with E-state index in [4.69, 9.17) is 0 Å². The molecule has 0 bridgehead atoms. The molecule has 0 saturated heterocycles. The maximum Gasteiger partial charge on any atom is 0.343 e. The summed E-state index contributed by atoms with van der Waals surface area (Å²) in [5.41, 5.74) is -0.237. The van der Waals surface area contributed by atoms with Crippen LogP contribution < -0.4 is 5.32 Å². The highest BCUT2D eigenvalue weighted by Crippen LogP contribution is 2.24. The second kappa shape index (κ2) is 6.47. The SMILES string of the molecule is C[C@H](NCc1cccc([N+](=O)[O-])c1C(=O)O)c1cccs1. The molecule has 1 heterocycles. The quantitative estimate of drug-likeness (QED) is 0.631. The number of nitrogens with one attached hydrogen (secondary N) is 1. The molecule has 6 nitrogen and oxygen atoms in total. The second-order valence-electron chi connectivity index (χ2n) is 4.49. The van der Waals surface area contributed by atoms with Gasteiger partial charge in [0.15, 0.2) is 0 Å². The molecular weight excluding hydrogens is 292 g/mol. The number of thiophene rings is 1. The highest BCUT2D eigenvalue weighted by molar-refractivity contribution is 7.10. The number of aromatic carboxylic acids is 1. The number of carbonyl (C=O) groups is 1. The van der Waals surface area contributed by atoms with E-state index < -0.39 is 10.9 Å². The number of carboxylic acid groups (broad SMARTS) is 1. The fourth-order valence-corrected chi connectivity index (χ4v) is 2.79. The molecule has 1 atom stereocenters. The number of benzene rings is 1. The molecule has 1 aromatic heterocycles. The van der Waals surface area contributed by atoms with Crippen LogP contribution >= 0.6 is 11.3 Å². The lowest BCUT2D eigenvalue weighted by Gasteiger charge is -2.13. The minimum absolute atomic E-state index is 0.0471. The molecule has 1 aromatic carbocycles. The molecule has 2 rings (SSSR count). The van der Waals surface area contributed by atoms with Crippen molar-refractivity contribution in [3.8, 4) is 0 Å². The van der Waals surface area contributed by atoms with Gasteiger partial charge < -0.3 is 10.4 Å². The lowest BCUT2D eigenvalue weighted by Crippen LogP contribution is -2.19. The van der Waals surface area contributed by atoms with E-state index in [1.54, 1.807) is 17.4 Å². The first-order valence-corrected chi connectivity index (χ1v) is 7.15. The molecule has 0 aliphatic carbocycles. The standard InChI is InChI=1S/C14H14N2O4S/c1-9(12-6-3-7-21-12)15-8-10-4-2-5-11(16(19)20)13(10)14(17)18/h2-7,9,15H,8H2,1H3,(H,17,18)/t9-/m0/s1. The maximum atomic E-state index is 11.3. The number of nitro groups is 1. The van der Waals surface area contributed by atoms with Crippen molar-refractivity contribution >= 4 is 23.0 Å². The smallest absolute Gasteiger partial charge is 0.343 e. The van der Waals surface area contributed by atoms with Gasteiger partial charge in [0.05, 0.1) is 4.92 Å². The van der Waals surface area contributed by atoms with Crippen molar-refractivity contribution in [3.63, 3.8) is 0 Å². The average molecular weight is 306 g/mol. The summed E-state index contributed by atoms with van der Waals surface area (Å²) in [5, 5.41) is 25.3. The van der Waals surface area contributed by atoms with E-state index in [9.17, 15) is 20.0 Å². The van der Waals surface area contributed by atoms with Gasteiger partial charge in [0, 0.05) is 23.5 Å². The lowest BCUT2D eigenvalue weighted by molar-refractivity contribution is -0.385. The topological polar surface area (TPSA) is 92.5 Å². The summed E-state index contributed by atoms with van der Waals surface area (Å²) in [6, 6.07) is 8.26. The molecular formula is C14H14N2O4S. The number of carboxylic acids is 1. The van der Waals surface area contributed by atoms with Crippen molar-refractivity contribution in [3.05, 3.63) is 61.8 Å². The van der Waals surface area contributed by atoms with Crippen LogP contribution in [0.4, 0.5) is 5.69 Å². The van der Waals surface area contributed by atoms with Crippen molar-refractivity contribution in [2.24, 2.45) is 0 Å². The fraction of sp³-hybridized carbons (Fsp3) is 0.214. The van der Waals surface area contributed by atoms with Crippen molar-refractivity contribution in [2.45, 2.75) is 19.5 Å². The second-order valence-corrected chi connectivity index (χ2v) is 5.47. The zero-order valence-corrected chi connectivity index (χ0v) is 12.1. The first kappa shape index (κ1) is 15.1. The highest BCUT2D eigenvalue weighted by Gasteiger charge is 2.23. The minimum atomic E-state index is -1.29. The molecule has 0 saturated carbocycles. The van der Waals surface area contributed by atoms with Gasteiger partial charge >= 0.3 is 5.97 Å². The third-order valence-electron chi connectivity index (χ3n) is 3.11. The van der Waals surface area contributed by atoms with Crippen LogP contribution in [0.15, 0.2) is 35.7 Å². The van der Waals surface area contributed by atoms with E-state index in [2.05, 4.69) is 5.32 Å². The number of hydrogen-bond acceptors (Lipinski definition) is 5. The predicted octanol–water partition coefficient (Wildman–Crippen LogP) is 3.21. The van der Waals surface area contributed by atoms with Crippen molar-refractivity contribution < 1.29 is 14.8 Å². The van der Waals surface area contributed by atoms with E-state index in [-0.39, 0.29) is 23.8 Å². The van der Waals surface area contributed by atoms with Gasteiger partial charge in [-0.15, -0.1) is 11.3 Å². The monoisotopic (exact) mass is 306 g/mol. The van der Waals surface area contributed by atoms with Crippen molar-refractivity contribution in [1.29, 1.82) is 0 Å². The Bertz CT molecular complexity index is 655. The Morgan fingerprint density at radius 1 is 1.43 bits per heavy atom. The molecule has 0 aliphatic rings. The van der Waals surface area contributed by atoms with E-state index >= 15 is 0 Å². The zero-order chi connectivity index (χ0) is 15.4. The van der Waals surface area contributed by atoms with Crippen LogP contribution in [0.25, 0.3) is 0 Å². The molecule has 0 amide bonds. The summed E-state index contributed by atoms with van der Waals surface area (Å²) in [5.74, 6) is -1.29. The third-order valence-corrected chi connectivity index (χ3v) is 4.16. The van der Waals surface area contributed by atoms with Crippen LogP contribution in [-0.2, 0) is 6.54 Å². The fourth-order valence-electron chi connectivity index (χ4n) is 2.03. The van der Waals surface area contributed by atoms with Crippen LogP contribution in [0, 0.1) is 10.1 Å². The largest absolute Gasteiger partial charge is 0.477 e. The Balaban J connectivity index is 2.22. The molecule has 0 unspecified atom stereocenters. The van der Waals surface area contributed by atoms with Crippen molar-refractivity contribution in [1.82, 2.24) is 5.32 Å². The Hall–Kier alpha value is -2.25. The number of nitro benzene ring substituents is 1. The maximum absolute atomic E-state index is 11.3. The number of nitrogens with zero attached hydrogens (tertiary/aromatic N) is 1. The summed E-state index contributed by atoms with van der Waals surface area (Å²) < 4.78 is 0. The summed E-state index contributed by atoms with van der Waals surface area (Å²) in [7, 11) is 0. The molecule has 0 radical (unpaired) electrons. The van der Waals surface area contributed by atoms with Gasteiger partial charge in [0.1, 0.15) is 5.56 Å². The van der Waals surface area contributed by atoms with Crippen LogP contribution in [0.2, 0.25) is 0 Å². The molecule has 21 heavy (non-hydrogen) atoms. The normalized spacial score (nSPS) is 12.0. The zero-order valence-electron chi connectivity index (χ0n) is 11.3. The number of rotatable bonds is 6. The Morgan fingerprint density at radius 2 is 2.19 bits per heavy atom. The molecule has 2 N–H and O–H groups in total. The number of hydrogen-bond donors (Lipinski definition) is 2. The predicted molar refractivity (Wildman–Crippen MR) is 79.6 cm³/mol. The Kier molecular flexibility index (Phi) is 4.66. The first-order chi connectivity index (χ1) is 10.0. The van der Waals surface area contributed by atoms with E-state index in [0.717, 1.165) is 4.88 Å². The third kappa shape index (κ3) is 3.45. The van der Waals surface area contributed by atoms with Gasteiger partial charge in [0.2, 0.25) is 0 Å². The first-order valence-electron chi connectivity index (χ1n) is 6.27. The summed E-state index contributed by atoms with van der Waals surface area (Å²) >= 11 is 1.60. The van der Waals surface area contributed by atoms with Crippen LogP contribution in [0.5, 0.6) is 0 Å². The molecule has 0 spiro atoms. The van der Waals surface area contributed by atoms with Crippen LogP contribution in [0.1, 0.15) is 33.8 Å². The molecule has 0 fully saturated rings.